The fourth-order valence-electron chi connectivity index (χ4n) is 2.33. The summed E-state index contributed by atoms with van der Waals surface area (Å²) in [6.07, 6.45) is 0. The van der Waals surface area contributed by atoms with Crippen LogP contribution >= 0.6 is 34.2 Å². The Morgan fingerprint density at radius 1 is 1.37 bits per heavy atom. The molecule has 5 heteroatoms. The van der Waals surface area contributed by atoms with Crippen molar-refractivity contribution in [3.63, 3.8) is 0 Å². The van der Waals surface area contributed by atoms with Gasteiger partial charge in [-0.25, -0.2) is 0 Å². The van der Waals surface area contributed by atoms with E-state index >= 15 is 0 Å². The molecule has 0 fully saturated rings. The third kappa shape index (κ3) is 3.05. The molecule has 1 aromatic heterocycles. The average molecular weight is 390 g/mol. The van der Waals surface area contributed by atoms with E-state index in [1.807, 2.05) is 36.9 Å². The van der Waals surface area contributed by atoms with Gasteiger partial charge in [0.05, 0.1) is 22.4 Å². The van der Waals surface area contributed by atoms with E-state index in [4.69, 9.17) is 11.6 Å². The molecule has 0 aliphatic rings. The number of hydrogen-bond donors (Lipinski definition) is 1. The van der Waals surface area contributed by atoms with Gasteiger partial charge in [0, 0.05) is 21.9 Å². The summed E-state index contributed by atoms with van der Waals surface area (Å²) in [4.78, 5) is 0. The molecular formula is C14H17ClIN3. The SMILES string of the molecule is Cc1nn(C)c(C)c1C(C)Nc1ccc(I)cc1Cl. The Labute approximate surface area is 132 Å². The third-order valence-corrected chi connectivity index (χ3v) is 4.28. The second-order valence-electron chi connectivity index (χ2n) is 4.70. The highest BCUT2D eigenvalue weighted by atomic mass is 127. The maximum Gasteiger partial charge on any atom is 0.0649 e. The van der Waals surface area contributed by atoms with Gasteiger partial charge in [0.15, 0.2) is 0 Å². The van der Waals surface area contributed by atoms with Crippen LogP contribution in [0.2, 0.25) is 5.02 Å². The Morgan fingerprint density at radius 2 is 2.05 bits per heavy atom. The monoisotopic (exact) mass is 389 g/mol. The Kier molecular flexibility index (Phi) is 4.40. The highest BCUT2D eigenvalue weighted by Crippen LogP contribution is 2.29. The summed E-state index contributed by atoms with van der Waals surface area (Å²) in [5.41, 5.74) is 4.43. The number of nitrogens with one attached hydrogen (secondary N) is 1. The molecule has 2 aromatic rings. The van der Waals surface area contributed by atoms with Crippen molar-refractivity contribution in [2.24, 2.45) is 7.05 Å². The lowest BCUT2D eigenvalue weighted by Gasteiger charge is -2.17. The normalized spacial score (nSPS) is 12.5. The van der Waals surface area contributed by atoms with E-state index < -0.39 is 0 Å². The summed E-state index contributed by atoms with van der Waals surface area (Å²) < 4.78 is 3.05. The first-order valence-electron chi connectivity index (χ1n) is 6.12. The summed E-state index contributed by atoms with van der Waals surface area (Å²) in [6, 6.07) is 6.19. The topological polar surface area (TPSA) is 29.9 Å². The highest BCUT2D eigenvalue weighted by Gasteiger charge is 2.16. The van der Waals surface area contributed by atoms with E-state index in [-0.39, 0.29) is 6.04 Å². The molecule has 0 saturated carbocycles. The molecule has 0 amide bonds. The minimum atomic E-state index is 0.172. The van der Waals surface area contributed by atoms with Crippen molar-refractivity contribution in [2.45, 2.75) is 26.8 Å². The van der Waals surface area contributed by atoms with Gasteiger partial charge in [0.25, 0.3) is 0 Å². The predicted molar refractivity (Wildman–Crippen MR) is 88.9 cm³/mol. The van der Waals surface area contributed by atoms with E-state index in [0.29, 0.717) is 0 Å². The zero-order valence-electron chi connectivity index (χ0n) is 11.5. The fraction of sp³-hybridized carbons (Fsp3) is 0.357. The summed E-state index contributed by atoms with van der Waals surface area (Å²) in [5, 5.41) is 8.66. The number of aromatic nitrogens is 2. The smallest absolute Gasteiger partial charge is 0.0649 e. The lowest BCUT2D eigenvalue weighted by atomic mass is 10.1. The predicted octanol–water partition coefficient (Wildman–Crippen LogP) is 4.47. The largest absolute Gasteiger partial charge is 0.377 e. The number of anilines is 1. The molecule has 0 aliphatic heterocycles. The average Bonchev–Trinajstić information content (AvgIpc) is 2.57. The van der Waals surface area contributed by atoms with Crippen LogP contribution in [-0.4, -0.2) is 9.78 Å². The van der Waals surface area contributed by atoms with Crippen molar-refractivity contribution < 1.29 is 0 Å². The van der Waals surface area contributed by atoms with Crippen LogP contribution in [-0.2, 0) is 7.05 Å². The Balaban J connectivity index is 2.28. The van der Waals surface area contributed by atoms with Gasteiger partial charge in [-0.15, -0.1) is 0 Å². The number of nitrogens with zero attached hydrogens (tertiary/aromatic N) is 2. The number of rotatable bonds is 3. The van der Waals surface area contributed by atoms with Gasteiger partial charge < -0.3 is 5.32 Å². The van der Waals surface area contributed by atoms with Crippen molar-refractivity contribution in [3.8, 4) is 0 Å². The quantitative estimate of drug-likeness (QED) is 0.785. The molecule has 0 aliphatic carbocycles. The third-order valence-electron chi connectivity index (χ3n) is 3.30. The standard InChI is InChI=1S/C14H17ClIN3/c1-8(14-9(2)18-19(4)10(14)3)17-13-6-5-11(16)7-12(13)15/h5-8,17H,1-4H3. The van der Waals surface area contributed by atoms with Crippen molar-refractivity contribution in [2.75, 3.05) is 5.32 Å². The molecule has 1 unspecified atom stereocenters. The van der Waals surface area contributed by atoms with Gasteiger partial charge in [0.1, 0.15) is 0 Å². The van der Waals surface area contributed by atoms with Crippen LogP contribution < -0.4 is 5.32 Å². The zero-order chi connectivity index (χ0) is 14.2. The molecular weight excluding hydrogens is 373 g/mol. The minimum absolute atomic E-state index is 0.172. The molecule has 1 heterocycles. The zero-order valence-corrected chi connectivity index (χ0v) is 14.4. The Morgan fingerprint density at radius 3 is 2.58 bits per heavy atom. The lowest BCUT2D eigenvalue weighted by molar-refractivity contribution is 0.728. The molecule has 0 bridgehead atoms. The van der Waals surface area contributed by atoms with Crippen molar-refractivity contribution in [1.29, 1.82) is 0 Å². The first kappa shape index (κ1) is 14.7. The Bertz CT molecular complexity index is 607. The van der Waals surface area contributed by atoms with Crippen LogP contribution in [0.5, 0.6) is 0 Å². The molecule has 0 saturated heterocycles. The second kappa shape index (κ2) is 5.71. The number of aryl methyl sites for hydroxylation is 2. The number of benzene rings is 1. The maximum atomic E-state index is 6.26. The first-order valence-corrected chi connectivity index (χ1v) is 7.57. The second-order valence-corrected chi connectivity index (χ2v) is 6.35. The van der Waals surface area contributed by atoms with Gasteiger partial charge in [0.2, 0.25) is 0 Å². The van der Waals surface area contributed by atoms with Gasteiger partial charge >= 0.3 is 0 Å². The molecule has 102 valence electrons. The van der Waals surface area contributed by atoms with Gasteiger partial charge in [-0.2, -0.15) is 5.10 Å². The van der Waals surface area contributed by atoms with Crippen LogP contribution in [0.25, 0.3) is 0 Å². The molecule has 19 heavy (non-hydrogen) atoms. The van der Waals surface area contributed by atoms with Crippen molar-refractivity contribution >= 4 is 39.9 Å². The van der Waals surface area contributed by atoms with E-state index in [9.17, 15) is 0 Å². The molecule has 1 atom stereocenters. The summed E-state index contributed by atoms with van der Waals surface area (Å²) in [5.74, 6) is 0. The van der Waals surface area contributed by atoms with Crippen LogP contribution in [0.15, 0.2) is 18.2 Å². The molecule has 3 nitrogen and oxygen atoms in total. The van der Waals surface area contributed by atoms with E-state index in [2.05, 4.69) is 46.9 Å². The minimum Gasteiger partial charge on any atom is -0.377 e. The maximum absolute atomic E-state index is 6.26. The van der Waals surface area contributed by atoms with Gasteiger partial charge in [-0.05, 0) is 61.6 Å². The Hall–Kier alpha value is -0.750. The molecule has 0 radical (unpaired) electrons. The highest BCUT2D eigenvalue weighted by molar-refractivity contribution is 14.1. The molecule has 2 rings (SSSR count). The molecule has 1 aromatic carbocycles. The molecule has 0 spiro atoms. The van der Waals surface area contributed by atoms with Crippen LogP contribution in [0, 0.1) is 17.4 Å². The summed E-state index contributed by atoms with van der Waals surface area (Å²) >= 11 is 8.51. The lowest BCUT2D eigenvalue weighted by Crippen LogP contribution is -2.09. The summed E-state index contributed by atoms with van der Waals surface area (Å²) in [6.45, 7) is 6.25. The van der Waals surface area contributed by atoms with Gasteiger partial charge in [-0.3, -0.25) is 4.68 Å². The summed E-state index contributed by atoms with van der Waals surface area (Å²) in [7, 11) is 1.97. The van der Waals surface area contributed by atoms with Gasteiger partial charge in [-0.1, -0.05) is 11.6 Å². The van der Waals surface area contributed by atoms with E-state index in [0.717, 1.165) is 20.0 Å². The molecule has 1 N–H and O–H groups in total. The fourth-order valence-corrected chi connectivity index (χ4v) is 3.24. The van der Waals surface area contributed by atoms with Crippen LogP contribution in [0.1, 0.15) is 29.9 Å². The number of hydrogen-bond acceptors (Lipinski definition) is 2. The van der Waals surface area contributed by atoms with E-state index in [1.54, 1.807) is 0 Å². The van der Waals surface area contributed by atoms with Crippen molar-refractivity contribution in [3.05, 3.63) is 43.7 Å². The van der Waals surface area contributed by atoms with Crippen LogP contribution in [0.3, 0.4) is 0 Å². The first-order chi connectivity index (χ1) is 8.90. The van der Waals surface area contributed by atoms with E-state index in [1.165, 1.54) is 11.3 Å². The number of halogens is 2. The van der Waals surface area contributed by atoms with Crippen molar-refractivity contribution in [1.82, 2.24) is 9.78 Å². The van der Waals surface area contributed by atoms with Crippen LogP contribution in [0.4, 0.5) is 5.69 Å².